The predicted molar refractivity (Wildman–Crippen MR) is 94.1 cm³/mol. The van der Waals surface area contributed by atoms with Crippen LogP contribution >= 0.6 is 0 Å². The molecule has 1 aliphatic carbocycles. The molecule has 2 aromatic heterocycles. The largest absolute Gasteiger partial charge is 0.366 e. The van der Waals surface area contributed by atoms with Crippen molar-refractivity contribution >= 4 is 5.82 Å². The molecule has 2 aliphatic rings. The number of nitrogens with one attached hydrogen (secondary N) is 1. The van der Waals surface area contributed by atoms with Crippen molar-refractivity contribution in [1.29, 1.82) is 0 Å². The molecule has 0 radical (unpaired) electrons. The molecule has 1 saturated heterocycles. The normalized spacial score (nSPS) is 21.3. The molecule has 1 unspecified atom stereocenters. The van der Waals surface area contributed by atoms with Crippen LogP contribution in [0.2, 0.25) is 0 Å². The molecule has 1 saturated carbocycles. The second-order valence-electron chi connectivity index (χ2n) is 7.31. The van der Waals surface area contributed by atoms with E-state index in [2.05, 4.69) is 25.3 Å². The van der Waals surface area contributed by atoms with E-state index in [1.807, 2.05) is 12.3 Å². The molecule has 1 aliphatic heterocycles. The van der Waals surface area contributed by atoms with Gasteiger partial charge in [-0.1, -0.05) is 0 Å². The number of piperidine rings is 1. The smallest absolute Gasteiger partial charge is 0.282 e. The molecule has 140 valence electrons. The zero-order chi connectivity index (χ0) is 18.1. The maximum Gasteiger partial charge on any atom is 0.282 e. The van der Waals surface area contributed by atoms with Gasteiger partial charge in [0.15, 0.2) is 0 Å². The number of aryl methyl sites for hydroxylation is 1. The second kappa shape index (κ2) is 7.26. The second-order valence-corrected chi connectivity index (χ2v) is 7.31. The topological polar surface area (TPSA) is 58.9 Å². The standard InChI is InChI=1S/C18H24F2N6/c1-25-9-13(16(24-25)17(19)20)10-26-8-2-3-14(11-26)22-15-6-7-21-18(23-15)12-4-5-12/h6-7,9,12,14,17H,2-5,8,10-11H2,1H3,(H,21,22,23). The van der Waals surface area contributed by atoms with Crippen LogP contribution in [0.4, 0.5) is 14.6 Å². The van der Waals surface area contributed by atoms with Gasteiger partial charge in [-0.15, -0.1) is 0 Å². The van der Waals surface area contributed by atoms with Crippen molar-refractivity contribution in [2.45, 2.75) is 50.6 Å². The molecule has 3 heterocycles. The Kier molecular flexibility index (Phi) is 4.84. The third-order valence-electron chi connectivity index (χ3n) is 5.01. The van der Waals surface area contributed by atoms with E-state index in [4.69, 9.17) is 0 Å². The lowest BCUT2D eigenvalue weighted by atomic mass is 10.0. The summed E-state index contributed by atoms with van der Waals surface area (Å²) < 4.78 is 27.8. The number of likely N-dealkylation sites (tertiary alicyclic amines) is 1. The Bertz CT molecular complexity index is 758. The summed E-state index contributed by atoms with van der Waals surface area (Å²) in [6.45, 7) is 2.22. The number of anilines is 1. The molecule has 6 nitrogen and oxygen atoms in total. The minimum Gasteiger partial charge on any atom is -0.366 e. The van der Waals surface area contributed by atoms with Crippen molar-refractivity contribution in [3.05, 3.63) is 35.5 Å². The van der Waals surface area contributed by atoms with E-state index in [1.165, 1.54) is 17.5 Å². The zero-order valence-corrected chi connectivity index (χ0v) is 14.9. The number of aromatic nitrogens is 4. The molecular formula is C18H24F2N6. The number of halogens is 2. The average Bonchev–Trinajstić information content (AvgIpc) is 3.39. The SMILES string of the molecule is Cn1cc(CN2CCCC(Nc3ccnc(C4CC4)n3)C2)c(C(F)F)n1. The number of hydrogen-bond donors (Lipinski definition) is 1. The first-order valence-electron chi connectivity index (χ1n) is 9.21. The highest BCUT2D eigenvalue weighted by Gasteiger charge is 2.27. The lowest BCUT2D eigenvalue weighted by Crippen LogP contribution is -2.41. The van der Waals surface area contributed by atoms with Gasteiger partial charge in [0, 0.05) is 50.1 Å². The van der Waals surface area contributed by atoms with E-state index in [1.54, 1.807) is 13.2 Å². The quantitative estimate of drug-likeness (QED) is 0.856. The molecule has 1 atom stereocenters. The van der Waals surface area contributed by atoms with Gasteiger partial charge in [-0.25, -0.2) is 18.7 Å². The molecule has 0 amide bonds. The minimum atomic E-state index is -2.54. The van der Waals surface area contributed by atoms with Gasteiger partial charge in [-0.3, -0.25) is 9.58 Å². The van der Waals surface area contributed by atoms with E-state index >= 15 is 0 Å². The van der Waals surface area contributed by atoms with Gasteiger partial charge in [0.1, 0.15) is 17.3 Å². The highest BCUT2D eigenvalue weighted by Crippen LogP contribution is 2.38. The molecule has 0 bridgehead atoms. The third-order valence-corrected chi connectivity index (χ3v) is 5.01. The fraction of sp³-hybridized carbons (Fsp3) is 0.611. The van der Waals surface area contributed by atoms with Crippen LogP contribution in [0.5, 0.6) is 0 Å². The summed E-state index contributed by atoms with van der Waals surface area (Å²) in [4.78, 5) is 11.2. The molecular weight excluding hydrogens is 338 g/mol. The number of hydrogen-bond acceptors (Lipinski definition) is 5. The lowest BCUT2D eigenvalue weighted by Gasteiger charge is -2.33. The van der Waals surface area contributed by atoms with Crippen LogP contribution in [0.3, 0.4) is 0 Å². The number of nitrogens with zero attached hydrogens (tertiary/aromatic N) is 5. The summed E-state index contributed by atoms with van der Waals surface area (Å²) in [6.07, 6.45) is 5.42. The van der Waals surface area contributed by atoms with Gasteiger partial charge in [0.05, 0.1) is 0 Å². The molecule has 26 heavy (non-hydrogen) atoms. The van der Waals surface area contributed by atoms with E-state index in [0.717, 1.165) is 37.6 Å². The number of alkyl halides is 2. The fourth-order valence-corrected chi connectivity index (χ4v) is 3.62. The van der Waals surface area contributed by atoms with Crippen LogP contribution in [0.1, 0.15) is 55.1 Å². The van der Waals surface area contributed by atoms with Crippen LogP contribution in [-0.2, 0) is 13.6 Å². The Morgan fingerprint density at radius 2 is 2.15 bits per heavy atom. The molecule has 4 rings (SSSR count). The van der Waals surface area contributed by atoms with Gasteiger partial charge >= 0.3 is 0 Å². The minimum absolute atomic E-state index is 0.104. The van der Waals surface area contributed by atoms with Gasteiger partial charge < -0.3 is 5.32 Å². The van der Waals surface area contributed by atoms with Gasteiger partial charge in [0.25, 0.3) is 6.43 Å². The van der Waals surface area contributed by atoms with E-state index in [0.29, 0.717) is 18.0 Å². The Labute approximate surface area is 151 Å². The fourth-order valence-electron chi connectivity index (χ4n) is 3.62. The monoisotopic (exact) mass is 362 g/mol. The summed E-state index contributed by atoms with van der Waals surface area (Å²) in [5.41, 5.74) is 0.508. The Morgan fingerprint density at radius 1 is 1.31 bits per heavy atom. The van der Waals surface area contributed by atoms with Crippen LogP contribution in [0, 0.1) is 0 Å². The van der Waals surface area contributed by atoms with Crippen molar-refractivity contribution in [2.24, 2.45) is 7.05 Å². The highest BCUT2D eigenvalue weighted by atomic mass is 19.3. The maximum absolute atomic E-state index is 13.1. The van der Waals surface area contributed by atoms with Crippen molar-refractivity contribution in [2.75, 3.05) is 18.4 Å². The van der Waals surface area contributed by atoms with Crippen LogP contribution < -0.4 is 5.32 Å². The highest BCUT2D eigenvalue weighted by molar-refractivity contribution is 5.35. The summed E-state index contributed by atoms with van der Waals surface area (Å²) in [7, 11) is 1.68. The van der Waals surface area contributed by atoms with Crippen molar-refractivity contribution in [3.8, 4) is 0 Å². The van der Waals surface area contributed by atoms with E-state index in [9.17, 15) is 8.78 Å². The van der Waals surface area contributed by atoms with Crippen LogP contribution in [0.15, 0.2) is 18.5 Å². The molecule has 0 spiro atoms. The molecule has 1 N–H and O–H groups in total. The molecule has 0 aromatic carbocycles. The maximum atomic E-state index is 13.1. The summed E-state index contributed by atoms with van der Waals surface area (Å²) in [5, 5.41) is 7.40. The van der Waals surface area contributed by atoms with Crippen LogP contribution in [-0.4, -0.2) is 43.8 Å². The average molecular weight is 362 g/mol. The predicted octanol–water partition coefficient (Wildman–Crippen LogP) is 3.10. The first-order valence-corrected chi connectivity index (χ1v) is 9.21. The van der Waals surface area contributed by atoms with Gasteiger partial charge in [0.2, 0.25) is 0 Å². The van der Waals surface area contributed by atoms with E-state index in [-0.39, 0.29) is 11.7 Å². The van der Waals surface area contributed by atoms with Gasteiger partial charge in [-0.2, -0.15) is 5.10 Å². The Morgan fingerprint density at radius 3 is 2.92 bits per heavy atom. The summed E-state index contributed by atoms with van der Waals surface area (Å²) >= 11 is 0. The zero-order valence-electron chi connectivity index (χ0n) is 14.9. The molecule has 8 heteroatoms. The van der Waals surface area contributed by atoms with Crippen molar-refractivity contribution < 1.29 is 8.78 Å². The van der Waals surface area contributed by atoms with E-state index < -0.39 is 6.43 Å². The van der Waals surface area contributed by atoms with Crippen LogP contribution in [0.25, 0.3) is 0 Å². The van der Waals surface area contributed by atoms with Gasteiger partial charge in [-0.05, 0) is 38.3 Å². The van der Waals surface area contributed by atoms with Crippen molar-refractivity contribution in [1.82, 2.24) is 24.6 Å². The number of rotatable bonds is 6. The summed E-state index contributed by atoms with van der Waals surface area (Å²) in [5.74, 6) is 2.32. The first kappa shape index (κ1) is 17.3. The summed E-state index contributed by atoms with van der Waals surface area (Å²) in [6, 6.07) is 2.17. The van der Waals surface area contributed by atoms with Crippen molar-refractivity contribution in [3.63, 3.8) is 0 Å². The third kappa shape index (κ3) is 4.00. The molecule has 2 aromatic rings. The first-order chi connectivity index (χ1) is 12.6. The lowest BCUT2D eigenvalue weighted by molar-refractivity contribution is 0.141. The Hall–Kier alpha value is -2.09. The molecule has 2 fully saturated rings. The Balaban J connectivity index is 1.39.